The molecule has 0 spiro atoms. The Morgan fingerprint density at radius 2 is 1.39 bits per heavy atom. The molecule has 0 atom stereocenters. The van der Waals surface area contributed by atoms with E-state index in [1.54, 1.807) is 48.5 Å². The first-order chi connectivity index (χ1) is 13.3. The molecule has 0 bridgehead atoms. The monoisotopic (exact) mass is 400 g/mol. The first kappa shape index (κ1) is 18.3. The molecule has 0 saturated carbocycles. The summed E-state index contributed by atoms with van der Waals surface area (Å²) in [6, 6.07) is 17.9. The molecule has 3 aromatic carbocycles. The minimum atomic E-state index is -4.44. The summed E-state index contributed by atoms with van der Waals surface area (Å²) < 4.78 is 44.6. The predicted octanol–water partition coefficient (Wildman–Crippen LogP) is 6.80. The first-order valence-electron chi connectivity index (χ1n) is 8.34. The number of para-hydroxylation sites is 1. The third kappa shape index (κ3) is 3.29. The number of hydrogen-bond acceptors (Lipinski definition) is 2. The Bertz CT molecular complexity index is 1210. The average molecular weight is 401 g/mol. The van der Waals surface area contributed by atoms with Gasteiger partial charge in [0.05, 0.1) is 16.5 Å². The fourth-order valence-electron chi connectivity index (χ4n) is 3.03. The molecule has 0 radical (unpaired) electrons. The molecule has 4 rings (SSSR count). The van der Waals surface area contributed by atoms with Gasteiger partial charge < -0.3 is 4.42 Å². The van der Waals surface area contributed by atoms with E-state index in [0.717, 1.165) is 12.1 Å². The Morgan fingerprint density at radius 1 is 0.786 bits per heavy atom. The summed E-state index contributed by atoms with van der Waals surface area (Å²) in [7, 11) is 0. The van der Waals surface area contributed by atoms with Gasteiger partial charge in [-0.25, -0.2) is 0 Å². The van der Waals surface area contributed by atoms with Crippen molar-refractivity contribution in [3.63, 3.8) is 0 Å². The normalized spacial score (nSPS) is 11.7. The van der Waals surface area contributed by atoms with Crippen LogP contribution in [0.15, 0.2) is 82.0 Å². The highest BCUT2D eigenvalue weighted by Crippen LogP contribution is 2.35. The molecule has 4 aromatic rings. The molecule has 140 valence electrons. The summed E-state index contributed by atoms with van der Waals surface area (Å²) in [6.45, 7) is 0. The maximum Gasteiger partial charge on any atom is 0.416 e. The van der Waals surface area contributed by atoms with Gasteiger partial charge in [-0.2, -0.15) is 13.2 Å². The van der Waals surface area contributed by atoms with Gasteiger partial charge in [0.1, 0.15) is 11.3 Å². The van der Waals surface area contributed by atoms with Crippen LogP contribution in [-0.4, -0.2) is 0 Å². The summed E-state index contributed by atoms with van der Waals surface area (Å²) in [5.74, 6) is 0.208. The van der Waals surface area contributed by atoms with Crippen LogP contribution >= 0.6 is 11.6 Å². The van der Waals surface area contributed by atoms with E-state index in [0.29, 0.717) is 27.1 Å². The molecule has 0 aliphatic rings. The topological polar surface area (TPSA) is 30.2 Å². The van der Waals surface area contributed by atoms with Gasteiger partial charge in [-0.1, -0.05) is 48.0 Å². The van der Waals surface area contributed by atoms with Crippen LogP contribution < -0.4 is 5.43 Å². The zero-order valence-corrected chi connectivity index (χ0v) is 15.0. The van der Waals surface area contributed by atoms with Crippen molar-refractivity contribution in [2.24, 2.45) is 0 Å². The van der Waals surface area contributed by atoms with Crippen LogP contribution in [0.2, 0.25) is 5.02 Å². The van der Waals surface area contributed by atoms with Crippen molar-refractivity contribution in [1.29, 1.82) is 0 Å². The molecule has 0 aliphatic heterocycles. The highest BCUT2D eigenvalue weighted by Gasteiger charge is 2.30. The van der Waals surface area contributed by atoms with Gasteiger partial charge in [-0.05, 0) is 42.0 Å². The largest absolute Gasteiger partial charge is 0.455 e. The van der Waals surface area contributed by atoms with Crippen molar-refractivity contribution >= 4 is 22.6 Å². The maximum absolute atomic E-state index is 13.2. The summed E-state index contributed by atoms with van der Waals surface area (Å²) in [4.78, 5) is 13.2. The molecule has 2 nitrogen and oxygen atoms in total. The van der Waals surface area contributed by atoms with Gasteiger partial charge in [0.25, 0.3) is 0 Å². The van der Waals surface area contributed by atoms with Crippen molar-refractivity contribution in [1.82, 2.24) is 0 Å². The van der Waals surface area contributed by atoms with Crippen molar-refractivity contribution in [2.75, 3.05) is 0 Å². The number of fused-ring (bicyclic) bond motifs is 1. The Hall–Kier alpha value is -3.05. The van der Waals surface area contributed by atoms with E-state index < -0.39 is 11.7 Å². The smallest absolute Gasteiger partial charge is 0.416 e. The van der Waals surface area contributed by atoms with Crippen LogP contribution in [-0.2, 0) is 6.18 Å². The Morgan fingerprint density at radius 3 is 2.04 bits per heavy atom. The first-order valence-corrected chi connectivity index (χ1v) is 8.72. The minimum Gasteiger partial charge on any atom is -0.455 e. The number of halogens is 4. The molecule has 0 aliphatic carbocycles. The van der Waals surface area contributed by atoms with Gasteiger partial charge in [0.2, 0.25) is 5.43 Å². The molecule has 0 amide bonds. The molecular weight excluding hydrogens is 389 g/mol. The second-order valence-electron chi connectivity index (χ2n) is 6.21. The molecule has 1 heterocycles. The van der Waals surface area contributed by atoms with Crippen LogP contribution in [0.4, 0.5) is 13.2 Å². The van der Waals surface area contributed by atoms with Crippen molar-refractivity contribution < 1.29 is 17.6 Å². The number of rotatable bonds is 2. The second-order valence-corrected chi connectivity index (χ2v) is 6.65. The molecule has 28 heavy (non-hydrogen) atoms. The van der Waals surface area contributed by atoms with E-state index in [1.165, 1.54) is 12.1 Å². The fourth-order valence-corrected chi connectivity index (χ4v) is 3.16. The zero-order chi connectivity index (χ0) is 19.9. The summed E-state index contributed by atoms with van der Waals surface area (Å²) in [6.07, 6.45) is -4.44. The third-order valence-electron chi connectivity index (χ3n) is 4.41. The lowest BCUT2D eigenvalue weighted by Crippen LogP contribution is -2.08. The van der Waals surface area contributed by atoms with E-state index in [2.05, 4.69) is 0 Å². The van der Waals surface area contributed by atoms with Crippen molar-refractivity contribution in [3.8, 4) is 22.5 Å². The molecule has 0 saturated heterocycles. The molecular formula is C22H12ClF3O2. The van der Waals surface area contributed by atoms with Crippen molar-refractivity contribution in [2.45, 2.75) is 6.18 Å². The lowest BCUT2D eigenvalue weighted by atomic mass is 9.98. The van der Waals surface area contributed by atoms with Crippen LogP contribution in [0, 0.1) is 0 Å². The van der Waals surface area contributed by atoms with E-state index in [9.17, 15) is 18.0 Å². The van der Waals surface area contributed by atoms with Crippen LogP contribution in [0.25, 0.3) is 33.4 Å². The SMILES string of the molecule is O=c1c(-c2ccc(Cl)cc2)c(-c2ccc(C(F)(F)F)cc2)oc2ccccc12. The number of hydrogen-bond donors (Lipinski definition) is 0. The van der Waals surface area contributed by atoms with E-state index in [1.807, 2.05) is 0 Å². The highest BCUT2D eigenvalue weighted by atomic mass is 35.5. The highest BCUT2D eigenvalue weighted by molar-refractivity contribution is 6.30. The number of alkyl halides is 3. The van der Waals surface area contributed by atoms with Crippen molar-refractivity contribution in [3.05, 3.63) is 93.6 Å². The lowest BCUT2D eigenvalue weighted by molar-refractivity contribution is -0.137. The van der Waals surface area contributed by atoms with Gasteiger partial charge in [-0.3, -0.25) is 4.79 Å². The van der Waals surface area contributed by atoms with E-state index in [4.69, 9.17) is 16.0 Å². The lowest BCUT2D eigenvalue weighted by Gasteiger charge is -2.12. The van der Waals surface area contributed by atoms with Gasteiger partial charge >= 0.3 is 6.18 Å². The molecule has 1 aromatic heterocycles. The van der Waals surface area contributed by atoms with E-state index in [-0.39, 0.29) is 16.8 Å². The predicted molar refractivity (Wildman–Crippen MR) is 103 cm³/mol. The van der Waals surface area contributed by atoms with Gasteiger partial charge in [-0.15, -0.1) is 0 Å². The third-order valence-corrected chi connectivity index (χ3v) is 4.66. The van der Waals surface area contributed by atoms with Gasteiger partial charge in [0.15, 0.2) is 0 Å². The van der Waals surface area contributed by atoms with Gasteiger partial charge in [0, 0.05) is 10.6 Å². The quantitative estimate of drug-likeness (QED) is 0.370. The molecule has 6 heteroatoms. The summed E-state index contributed by atoms with van der Waals surface area (Å²) in [5.41, 5.74) is 0.543. The number of benzene rings is 3. The van der Waals surface area contributed by atoms with Crippen LogP contribution in [0.5, 0.6) is 0 Å². The second kappa shape index (κ2) is 6.84. The Balaban J connectivity index is 2.00. The minimum absolute atomic E-state index is 0.208. The van der Waals surface area contributed by atoms with Crippen LogP contribution in [0.3, 0.4) is 0 Å². The summed E-state index contributed by atoms with van der Waals surface area (Å²) in [5, 5.41) is 0.896. The standard InChI is InChI=1S/C22H12ClF3O2/c23-16-11-7-13(8-12-16)19-20(27)17-3-1-2-4-18(17)28-21(19)14-5-9-15(10-6-14)22(24,25)26/h1-12H. The Kier molecular flexibility index (Phi) is 4.47. The average Bonchev–Trinajstić information content (AvgIpc) is 2.68. The van der Waals surface area contributed by atoms with Crippen LogP contribution in [0.1, 0.15) is 5.56 Å². The molecule has 0 unspecified atom stereocenters. The molecule has 0 fully saturated rings. The summed E-state index contributed by atoms with van der Waals surface area (Å²) >= 11 is 5.94. The Labute approximate surface area is 162 Å². The maximum atomic E-state index is 13.2. The molecule has 0 N–H and O–H groups in total. The zero-order valence-electron chi connectivity index (χ0n) is 14.3. The fraction of sp³-hybridized carbons (Fsp3) is 0.0455. The van der Waals surface area contributed by atoms with E-state index >= 15 is 0 Å².